The molecule has 0 aliphatic heterocycles. The number of carbonyl (C=O) groups is 1. The highest BCUT2D eigenvalue weighted by atomic mass is 35.5. The Bertz CT molecular complexity index is 501. The molecule has 0 aliphatic carbocycles. The van der Waals surface area contributed by atoms with Crippen molar-refractivity contribution in [2.24, 2.45) is 0 Å². The van der Waals surface area contributed by atoms with Crippen LogP contribution in [-0.4, -0.2) is 16.6 Å². The minimum Gasteiger partial charge on any atom is -0.360 e. The van der Waals surface area contributed by atoms with E-state index >= 15 is 0 Å². The number of rotatable bonds is 3. The Balaban J connectivity index is 2.52. The third kappa shape index (κ3) is 1.90. The average Bonchev–Trinajstić information content (AvgIpc) is 2.60. The summed E-state index contributed by atoms with van der Waals surface area (Å²) in [7, 11) is 0. The van der Waals surface area contributed by atoms with Crippen molar-refractivity contribution >= 4 is 28.3 Å². The lowest BCUT2D eigenvalue weighted by molar-refractivity contribution is 0.0991. The fourth-order valence-corrected chi connectivity index (χ4v) is 1.86. The van der Waals surface area contributed by atoms with Gasteiger partial charge < -0.3 is 4.98 Å². The van der Waals surface area contributed by atoms with Gasteiger partial charge in [-0.1, -0.05) is 11.6 Å². The Morgan fingerprint density at radius 1 is 1.47 bits per heavy atom. The Morgan fingerprint density at radius 2 is 2.27 bits per heavy atom. The maximum Gasteiger partial charge on any atom is 0.166 e. The first kappa shape index (κ1) is 10.2. The standard InChI is InChI=1S/C12H12ClNO/c1-8-2-3-11-9(6-8)10(7-14-11)12(15)4-5-13/h2-3,6-7,14H,4-5H2,1H3. The molecule has 1 heterocycles. The predicted octanol–water partition coefficient (Wildman–Crippen LogP) is 3.29. The van der Waals surface area contributed by atoms with Gasteiger partial charge in [-0.3, -0.25) is 4.79 Å². The van der Waals surface area contributed by atoms with E-state index in [1.165, 1.54) is 0 Å². The van der Waals surface area contributed by atoms with E-state index in [1.54, 1.807) is 6.20 Å². The predicted molar refractivity (Wildman–Crippen MR) is 62.7 cm³/mol. The number of Topliss-reactive ketones (excluding diaryl/α,β-unsaturated/α-hetero) is 1. The molecule has 15 heavy (non-hydrogen) atoms. The molecule has 2 rings (SSSR count). The lowest BCUT2D eigenvalue weighted by Crippen LogP contribution is -1.98. The number of H-pyrrole nitrogens is 1. The molecule has 0 unspecified atom stereocenters. The quantitative estimate of drug-likeness (QED) is 0.626. The molecule has 78 valence electrons. The van der Waals surface area contributed by atoms with Crippen LogP contribution < -0.4 is 0 Å². The SMILES string of the molecule is Cc1ccc2[nH]cc(C(=O)CCCl)c2c1. The number of carbonyl (C=O) groups excluding carboxylic acids is 1. The number of benzene rings is 1. The molecule has 3 heteroatoms. The van der Waals surface area contributed by atoms with E-state index in [2.05, 4.69) is 4.98 Å². The first-order valence-corrected chi connectivity index (χ1v) is 5.42. The molecule has 0 saturated carbocycles. The van der Waals surface area contributed by atoms with Gasteiger partial charge in [-0.05, 0) is 19.1 Å². The summed E-state index contributed by atoms with van der Waals surface area (Å²) >= 11 is 5.56. The molecule has 0 radical (unpaired) electrons. The molecule has 0 saturated heterocycles. The fourth-order valence-electron chi connectivity index (χ4n) is 1.69. The lowest BCUT2D eigenvalue weighted by Gasteiger charge is -1.97. The van der Waals surface area contributed by atoms with Crippen molar-refractivity contribution in [3.8, 4) is 0 Å². The molecular formula is C12H12ClNO. The van der Waals surface area contributed by atoms with Gasteiger partial charge in [-0.2, -0.15) is 0 Å². The Morgan fingerprint density at radius 3 is 3.00 bits per heavy atom. The number of aromatic nitrogens is 1. The van der Waals surface area contributed by atoms with Crippen molar-refractivity contribution in [2.75, 3.05) is 5.88 Å². The van der Waals surface area contributed by atoms with Crippen LogP contribution in [-0.2, 0) is 0 Å². The second-order valence-electron chi connectivity index (χ2n) is 3.61. The first-order valence-electron chi connectivity index (χ1n) is 4.89. The van der Waals surface area contributed by atoms with Gasteiger partial charge in [0.15, 0.2) is 5.78 Å². The molecule has 0 spiro atoms. The van der Waals surface area contributed by atoms with Crippen LogP contribution in [0, 0.1) is 6.92 Å². The number of nitrogens with one attached hydrogen (secondary N) is 1. The average molecular weight is 222 g/mol. The molecule has 1 aromatic carbocycles. The van der Waals surface area contributed by atoms with Crippen molar-refractivity contribution in [1.82, 2.24) is 4.98 Å². The summed E-state index contributed by atoms with van der Waals surface area (Å²) in [5, 5.41) is 0.991. The first-order chi connectivity index (χ1) is 7.22. The van der Waals surface area contributed by atoms with Crippen LogP contribution in [0.1, 0.15) is 22.3 Å². The summed E-state index contributed by atoms with van der Waals surface area (Å²) in [5.41, 5.74) is 2.90. The molecule has 0 aliphatic rings. The molecule has 1 aromatic heterocycles. The van der Waals surface area contributed by atoms with Crippen LogP contribution in [0.4, 0.5) is 0 Å². The second kappa shape index (κ2) is 4.07. The molecule has 0 fully saturated rings. The summed E-state index contributed by atoms with van der Waals surface area (Å²) in [5.74, 6) is 0.471. The van der Waals surface area contributed by atoms with Gasteiger partial charge >= 0.3 is 0 Å². The van der Waals surface area contributed by atoms with Crippen LogP contribution in [0.15, 0.2) is 24.4 Å². The van der Waals surface area contributed by atoms with E-state index < -0.39 is 0 Å². The lowest BCUT2D eigenvalue weighted by atomic mass is 10.1. The molecule has 2 aromatic rings. The third-order valence-corrected chi connectivity index (χ3v) is 2.65. The zero-order valence-electron chi connectivity index (χ0n) is 8.51. The molecule has 0 amide bonds. The van der Waals surface area contributed by atoms with E-state index in [1.807, 2.05) is 25.1 Å². The maximum absolute atomic E-state index is 11.7. The van der Waals surface area contributed by atoms with Crippen LogP contribution in [0.5, 0.6) is 0 Å². The molecule has 0 atom stereocenters. The van der Waals surface area contributed by atoms with Crippen LogP contribution in [0.25, 0.3) is 10.9 Å². The smallest absolute Gasteiger partial charge is 0.166 e. The minimum absolute atomic E-state index is 0.0989. The normalized spacial score (nSPS) is 10.8. The van der Waals surface area contributed by atoms with Crippen molar-refractivity contribution in [3.63, 3.8) is 0 Å². The van der Waals surface area contributed by atoms with E-state index in [-0.39, 0.29) is 5.78 Å². The maximum atomic E-state index is 11.7. The zero-order valence-corrected chi connectivity index (χ0v) is 9.27. The van der Waals surface area contributed by atoms with E-state index in [4.69, 9.17) is 11.6 Å². The van der Waals surface area contributed by atoms with Gasteiger partial charge in [0.05, 0.1) is 0 Å². The van der Waals surface area contributed by atoms with Gasteiger partial charge in [0.2, 0.25) is 0 Å². The van der Waals surface area contributed by atoms with E-state index in [0.717, 1.165) is 22.0 Å². The number of aryl methyl sites for hydroxylation is 1. The van der Waals surface area contributed by atoms with Crippen molar-refractivity contribution in [1.29, 1.82) is 0 Å². The van der Waals surface area contributed by atoms with Crippen LogP contribution in [0.3, 0.4) is 0 Å². The summed E-state index contributed by atoms with van der Waals surface area (Å²) < 4.78 is 0. The Kier molecular flexibility index (Phi) is 2.78. The second-order valence-corrected chi connectivity index (χ2v) is 3.99. The highest BCUT2D eigenvalue weighted by Gasteiger charge is 2.10. The van der Waals surface area contributed by atoms with Gasteiger partial charge in [0, 0.05) is 35.0 Å². The van der Waals surface area contributed by atoms with Gasteiger partial charge in [0.1, 0.15) is 0 Å². The molecule has 2 nitrogen and oxygen atoms in total. The van der Waals surface area contributed by atoms with Crippen molar-refractivity contribution < 1.29 is 4.79 Å². The Labute approximate surface area is 93.2 Å². The van der Waals surface area contributed by atoms with Crippen LogP contribution >= 0.6 is 11.6 Å². The highest BCUT2D eigenvalue weighted by molar-refractivity contribution is 6.20. The van der Waals surface area contributed by atoms with E-state index in [9.17, 15) is 4.79 Å². The highest BCUT2D eigenvalue weighted by Crippen LogP contribution is 2.20. The van der Waals surface area contributed by atoms with E-state index in [0.29, 0.717) is 12.3 Å². The summed E-state index contributed by atoms with van der Waals surface area (Å²) in [6.45, 7) is 2.02. The molecule has 1 N–H and O–H groups in total. The van der Waals surface area contributed by atoms with Crippen molar-refractivity contribution in [3.05, 3.63) is 35.5 Å². The van der Waals surface area contributed by atoms with Gasteiger partial charge in [-0.15, -0.1) is 11.6 Å². The molecule has 0 bridgehead atoms. The fraction of sp³-hybridized carbons (Fsp3) is 0.250. The topological polar surface area (TPSA) is 32.9 Å². The zero-order chi connectivity index (χ0) is 10.8. The van der Waals surface area contributed by atoms with Crippen LogP contribution in [0.2, 0.25) is 0 Å². The number of alkyl halides is 1. The Hall–Kier alpha value is -1.28. The number of hydrogen-bond donors (Lipinski definition) is 1. The largest absolute Gasteiger partial charge is 0.360 e. The monoisotopic (exact) mass is 221 g/mol. The number of ketones is 1. The third-order valence-electron chi connectivity index (χ3n) is 2.46. The minimum atomic E-state index is 0.0989. The summed E-state index contributed by atoms with van der Waals surface area (Å²) in [6, 6.07) is 6.03. The van der Waals surface area contributed by atoms with Gasteiger partial charge in [0.25, 0.3) is 0 Å². The number of aromatic amines is 1. The molecular weight excluding hydrogens is 210 g/mol. The summed E-state index contributed by atoms with van der Waals surface area (Å²) in [6.07, 6.45) is 2.15. The number of fused-ring (bicyclic) bond motifs is 1. The number of halogens is 1. The van der Waals surface area contributed by atoms with Crippen molar-refractivity contribution in [2.45, 2.75) is 13.3 Å². The van der Waals surface area contributed by atoms with Gasteiger partial charge in [-0.25, -0.2) is 0 Å². The summed E-state index contributed by atoms with van der Waals surface area (Å²) in [4.78, 5) is 14.8. The number of hydrogen-bond acceptors (Lipinski definition) is 1.